The van der Waals surface area contributed by atoms with Crippen molar-refractivity contribution in [3.8, 4) is 11.3 Å². The summed E-state index contributed by atoms with van der Waals surface area (Å²) in [4.78, 5) is 24.5. The van der Waals surface area contributed by atoms with E-state index in [9.17, 15) is 18.4 Å². The first-order chi connectivity index (χ1) is 13.9. The average molecular weight is 395 g/mol. The van der Waals surface area contributed by atoms with E-state index in [-0.39, 0.29) is 23.4 Å². The number of anilines is 1. The molecule has 0 saturated heterocycles. The first-order valence-corrected chi connectivity index (χ1v) is 8.70. The first kappa shape index (κ1) is 18.5. The lowest BCUT2D eigenvalue weighted by atomic mass is 10.1. The minimum Gasteiger partial charge on any atom is -0.323 e. The number of fused-ring (bicyclic) bond motifs is 1. The molecule has 2 aromatic carbocycles. The molecule has 2 heterocycles. The zero-order chi connectivity index (χ0) is 20.5. The Bertz CT molecular complexity index is 1280. The van der Waals surface area contributed by atoms with E-state index in [2.05, 4.69) is 20.6 Å². The molecule has 0 aliphatic rings. The summed E-state index contributed by atoms with van der Waals surface area (Å²) in [6, 6.07) is 11.5. The molecule has 0 saturated carbocycles. The molecule has 4 aromatic rings. The Morgan fingerprint density at radius 2 is 1.90 bits per heavy atom. The van der Waals surface area contributed by atoms with Gasteiger partial charge in [-0.25, -0.2) is 18.4 Å². The third-order valence-electron chi connectivity index (χ3n) is 4.33. The van der Waals surface area contributed by atoms with Crippen LogP contribution in [-0.4, -0.2) is 25.7 Å². The molecule has 2 N–H and O–H groups in total. The summed E-state index contributed by atoms with van der Waals surface area (Å²) < 4.78 is 28.3. The Hall–Kier alpha value is -3.88. The number of aromatic nitrogens is 4. The van der Waals surface area contributed by atoms with Gasteiger partial charge in [-0.3, -0.25) is 9.59 Å². The number of nitrogens with one attached hydrogen (secondary N) is 2. The van der Waals surface area contributed by atoms with Crippen LogP contribution in [0.25, 0.3) is 16.8 Å². The Morgan fingerprint density at radius 1 is 1.14 bits per heavy atom. The highest BCUT2D eigenvalue weighted by Crippen LogP contribution is 2.20. The van der Waals surface area contributed by atoms with E-state index >= 15 is 0 Å². The van der Waals surface area contributed by atoms with Crippen molar-refractivity contribution in [1.82, 2.24) is 19.8 Å². The van der Waals surface area contributed by atoms with Crippen LogP contribution in [-0.2, 0) is 11.2 Å². The van der Waals surface area contributed by atoms with Crippen molar-refractivity contribution in [3.63, 3.8) is 0 Å². The van der Waals surface area contributed by atoms with E-state index in [4.69, 9.17) is 0 Å². The molecule has 0 bridgehead atoms. The molecular weight excluding hydrogens is 380 g/mol. The van der Waals surface area contributed by atoms with Crippen LogP contribution in [0.15, 0.2) is 53.3 Å². The first-order valence-electron chi connectivity index (χ1n) is 8.70. The van der Waals surface area contributed by atoms with Gasteiger partial charge in [-0.15, -0.1) is 0 Å². The fraction of sp³-hybridized carbons (Fsp3) is 0.100. The highest BCUT2D eigenvalue weighted by molar-refractivity contribution is 5.92. The number of aromatic amines is 1. The lowest BCUT2D eigenvalue weighted by Gasteiger charge is -2.07. The van der Waals surface area contributed by atoms with Crippen LogP contribution in [0.1, 0.15) is 11.4 Å². The molecule has 7 nitrogen and oxygen atoms in total. The Kier molecular flexibility index (Phi) is 4.63. The quantitative estimate of drug-likeness (QED) is 0.556. The van der Waals surface area contributed by atoms with Gasteiger partial charge in [0.2, 0.25) is 5.91 Å². The summed E-state index contributed by atoms with van der Waals surface area (Å²) >= 11 is 0. The minimum atomic E-state index is -0.554. The molecule has 0 radical (unpaired) electrons. The zero-order valence-electron chi connectivity index (χ0n) is 15.2. The normalized spacial score (nSPS) is 11.0. The topological polar surface area (TPSA) is 92.1 Å². The average Bonchev–Trinajstić information content (AvgIpc) is 3.14. The van der Waals surface area contributed by atoms with Crippen LogP contribution in [0.2, 0.25) is 0 Å². The summed E-state index contributed by atoms with van der Waals surface area (Å²) in [5.74, 6) is -1.30. The molecule has 0 unspecified atom stereocenters. The van der Waals surface area contributed by atoms with Crippen molar-refractivity contribution in [2.24, 2.45) is 0 Å². The molecule has 4 rings (SSSR count). The molecule has 29 heavy (non-hydrogen) atoms. The molecule has 9 heteroatoms. The molecule has 0 fully saturated rings. The number of H-pyrrole nitrogens is 1. The SMILES string of the molecule is Cc1ccc(F)c(NC(=O)Cc2n[nH]c(=O)c3cc(-c4ccc(F)cc4)nn23)c1. The van der Waals surface area contributed by atoms with Crippen LogP contribution in [0.5, 0.6) is 0 Å². The number of carbonyl (C=O) groups excluding carboxylic acids is 1. The molecule has 0 atom stereocenters. The van der Waals surface area contributed by atoms with Gasteiger partial charge in [0, 0.05) is 5.56 Å². The number of halogens is 2. The lowest BCUT2D eigenvalue weighted by molar-refractivity contribution is -0.115. The van der Waals surface area contributed by atoms with Gasteiger partial charge < -0.3 is 5.32 Å². The fourth-order valence-electron chi connectivity index (χ4n) is 2.91. The van der Waals surface area contributed by atoms with Gasteiger partial charge in [-0.1, -0.05) is 6.07 Å². The molecule has 0 aliphatic carbocycles. The molecule has 146 valence electrons. The number of rotatable bonds is 4. The third kappa shape index (κ3) is 3.75. The summed E-state index contributed by atoms with van der Waals surface area (Å²) in [5, 5.41) is 13.0. The molecule has 2 aromatic heterocycles. The summed E-state index contributed by atoms with van der Waals surface area (Å²) in [6.07, 6.45) is -0.245. The van der Waals surface area contributed by atoms with Crippen LogP contribution in [0.3, 0.4) is 0 Å². The molecule has 0 spiro atoms. The van der Waals surface area contributed by atoms with Crippen molar-refractivity contribution in [2.45, 2.75) is 13.3 Å². The third-order valence-corrected chi connectivity index (χ3v) is 4.33. The van der Waals surface area contributed by atoms with Gasteiger partial charge in [0.15, 0.2) is 5.82 Å². The molecule has 1 amide bonds. The van der Waals surface area contributed by atoms with Crippen LogP contribution < -0.4 is 10.9 Å². The summed E-state index contributed by atoms with van der Waals surface area (Å²) in [7, 11) is 0. The largest absolute Gasteiger partial charge is 0.323 e. The van der Waals surface area contributed by atoms with Gasteiger partial charge >= 0.3 is 0 Å². The monoisotopic (exact) mass is 395 g/mol. The number of benzene rings is 2. The van der Waals surface area contributed by atoms with E-state index in [0.29, 0.717) is 11.3 Å². The van der Waals surface area contributed by atoms with E-state index in [0.717, 1.165) is 5.56 Å². The number of amides is 1. The number of aryl methyl sites for hydroxylation is 1. The van der Waals surface area contributed by atoms with Crippen molar-refractivity contribution in [3.05, 3.63) is 81.9 Å². The van der Waals surface area contributed by atoms with Crippen molar-refractivity contribution in [2.75, 3.05) is 5.32 Å². The molecule has 0 aliphatic heterocycles. The predicted octanol–water partition coefficient (Wildman–Crippen LogP) is 2.85. The van der Waals surface area contributed by atoms with Gasteiger partial charge in [-0.05, 0) is 55.0 Å². The smallest absolute Gasteiger partial charge is 0.290 e. The highest BCUT2D eigenvalue weighted by Gasteiger charge is 2.16. The van der Waals surface area contributed by atoms with Crippen molar-refractivity contribution >= 4 is 17.1 Å². The van der Waals surface area contributed by atoms with E-state index in [1.54, 1.807) is 13.0 Å². The second kappa shape index (κ2) is 7.27. The Labute approximate surface area is 163 Å². The summed E-state index contributed by atoms with van der Waals surface area (Å²) in [5.41, 5.74) is 1.58. The van der Waals surface area contributed by atoms with Crippen LogP contribution in [0.4, 0.5) is 14.5 Å². The number of hydrogen-bond donors (Lipinski definition) is 2. The van der Waals surface area contributed by atoms with E-state index in [1.807, 2.05) is 0 Å². The molecular formula is C20H15F2N5O2. The maximum Gasteiger partial charge on any atom is 0.290 e. The maximum absolute atomic E-state index is 13.9. The van der Waals surface area contributed by atoms with Gasteiger partial charge in [-0.2, -0.15) is 10.2 Å². The van der Waals surface area contributed by atoms with E-state index in [1.165, 1.54) is 47.0 Å². The van der Waals surface area contributed by atoms with Crippen LogP contribution in [0, 0.1) is 18.6 Å². The number of carbonyl (C=O) groups is 1. The lowest BCUT2D eigenvalue weighted by Crippen LogP contribution is -2.22. The zero-order valence-corrected chi connectivity index (χ0v) is 15.2. The number of nitrogens with zero attached hydrogens (tertiary/aromatic N) is 3. The Morgan fingerprint density at radius 3 is 2.66 bits per heavy atom. The van der Waals surface area contributed by atoms with Crippen molar-refractivity contribution < 1.29 is 13.6 Å². The summed E-state index contributed by atoms with van der Waals surface area (Å²) in [6.45, 7) is 1.78. The maximum atomic E-state index is 13.9. The second-order valence-corrected chi connectivity index (χ2v) is 6.51. The van der Waals surface area contributed by atoms with Gasteiger partial charge in [0.25, 0.3) is 5.56 Å². The minimum absolute atomic E-state index is 0.0585. The Balaban J connectivity index is 1.66. The van der Waals surface area contributed by atoms with Crippen molar-refractivity contribution in [1.29, 1.82) is 0 Å². The van der Waals surface area contributed by atoms with Crippen LogP contribution >= 0.6 is 0 Å². The predicted molar refractivity (Wildman–Crippen MR) is 102 cm³/mol. The second-order valence-electron chi connectivity index (χ2n) is 6.51. The highest BCUT2D eigenvalue weighted by atomic mass is 19.1. The standard InChI is InChI=1S/C20H15F2N5O2/c1-11-2-7-14(22)16(8-11)23-19(28)10-18-24-25-20(29)17-9-15(26-27(17)18)12-3-5-13(21)6-4-12/h2-9H,10H2,1H3,(H,23,28)(H,25,29). The fourth-order valence-corrected chi connectivity index (χ4v) is 2.91. The van der Waals surface area contributed by atoms with Gasteiger partial charge in [0.05, 0.1) is 17.8 Å². The number of hydrogen-bond acceptors (Lipinski definition) is 4. The van der Waals surface area contributed by atoms with Gasteiger partial charge in [0.1, 0.15) is 17.2 Å². The van der Waals surface area contributed by atoms with E-state index < -0.39 is 23.1 Å².